The van der Waals surface area contributed by atoms with Crippen LogP contribution in [0.15, 0.2) is 41.8 Å². The Labute approximate surface area is 176 Å². The number of hydrogen-bond donors (Lipinski definition) is 0. The van der Waals surface area contributed by atoms with Crippen LogP contribution in [0, 0.1) is 5.92 Å². The van der Waals surface area contributed by atoms with E-state index in [4.69, 9.17) is 0 Å². The van der Waals surface area contributed by atoms with Crippen LogP contribution in [0.1, 0.15) is 46.6 Å². The van der Waals surface area contributed by atoms with Crippen molar-refractivity contribution >= 4 is 23.2 Å². The van der Waals surface area contributed by atoms with Crippen molar-refractivity contribution in [2.45, 2.75) is 25.8 Å². The third-order valence-electron chi connectivity index (χ3n) is 5.92. The molecule has 2 unspecified atom stereocenters. The molecule has 5 nitrogen and oxygen atoms in total. The predicted octanol–water partition coefficient (Wildman–Crippen LogP) is 3.46. The van der Waals surface area contributed by atoms with E-state index in [1.54, 1.807) is 11.3 Å². The van der Waals surface area contributed by atoms with Crippen molar-refractivity contribution in [3.63, 3.8) is 0 Å². The molecule has 0 N–H and O–H groups in total. The number of fused-ring (bicyclic) bond motifs is 1. The van der Waals surface area contributed by atoms with Gasteiger partial charge in [0.25, 0.3) is 5.91 Å². The molecule has 2 atom stereocenters. The first-order chi connectivity index (χ1) is 14.0. The molecule has 0 saturated carbocycles. The molecule has 2 aliphatic heterocycles. The highest BCUT2D eigenvalue weighted by molar-refractivity contribution is 7.10. The Morgan fingerprint density at radius 3 is 2.48 bits per heavy atom. The van der Waals surface area contributed by atoms with Crippen LogP contribution in [0.4, 0.5) is 0 Å². The standard InChI is InChI=1S/C23H29N3O2S/c1-16(2)15-26-21(19-9-6-14-29-19)20(17-7-4-5-8-18(17)22(26)27)23(28)25-12-10-24(3)11-13-25/h4-9,14,16,20-21H,10-13,15H2,1-3H3. The lowest BCUT2D eigenvalue weighted by Crippen LogP contribution is -2.53. The molecule has 29 heavy (non-hydrogen) atoms. The summed E-state index contributed by atoms with van der Waals surface area (Å²) in [5.41, 5.74) is 1.55. The van der Waals surface area contributed by atoms with Crippen LogP contribution in [-0.2, 0) is 4.79 Å². The number of thiophene rings is 1. The van der Waals surface area contributed by atoms with Crippen LogP contribution in [0.25, 0.3) is 0 Å². The third-order valence-corrected chi connectivity index (χ3v) is 6.86. The highest BCUT2D eigenvalue weighted by atomic mass is 32.1. The van der Waals surface area contributed by atoms with E-state index in [1.165, 1.54) is 0 Å². The van der Waals surface area contributed by atoms with Crippen LogP contribution in [0.2, 0.25) is 0 Å². The number of nitrogens with zero attached hydrogens (tertiary/aromatic N) is 3. The number of likely N-dealkylation sites (N-methyl/N-ethyl adjacent to an activating group) is 1. The molecule has 1 aromatic carbocycles. The molecule has 0 aliphatic carbocycles. The van der Waals surface area contributed by atoms with Gasteiger partial charge in [-0.3, -0.25) is 9.59 Å². The van der Waals surface area contributed by atoms with Gasteiger partial charge in [0.1, 0.15) is 0 Å². The fourth-order valence-electron chi connectivity index (χ4n) is 4.45. The minimum Gasteiger partial charge on any atom is -0.340 e. The molecule has 2 aromatic rings. The number of rotatable bonds is 4. The summed E-state index contributed by atoms with van der Waals surface area (Å²) in [5, 5.41) is 2.03. The second-order valence-corrected chi connectivity index (χ2v) is 9.48. The number of amides is 2. The lowest BCUT2D eigenvalue weighted by molar-refractivity contribution is -0.136. The highest BCUT2D eigenvalue weighted by Crippen LogP contribution is 2.45. The number of piperazine rings is 1. The molecule has 6 heteroatoms. The zero-order chi connectivity index (χ0) is 20.5. The van der Waals surface area contributed by atoms with Crippen molar-refractivity contribution in [2.24, 2.45) is 5.92 Å². The average molecular weight is 412 g/mol. The summed E-state index contributed by atoms with van der Waals surface area (Å²) in [6.45, 7) is 8.14. The Balaban J connectivity index is 1.81. The van der Waals surface area contributed by atoms with Crippen molar-refractivity contribution in [3.8, 4) is 0 Å². The van der Waals surface area contributed by atoms with Gasteiger partial charge in [-0.05, 0) is 36.0 Å². The van der Waals surface area contributed by atoms with Crippen LogP contribution in [0.5, 0.6) is 0 Å². The van der Waals surface area contributed by atoms with Gasteiger partial charge in [-0.15, -0.1) is 11.3 Å². The minimum absolute atomic E-state index is 0.0372. The Bertz CT molecular complexity index is 872. The summed E-state index contributed by atoms with van der Waals surface area (Å²) in [4.78, 5) is 34.6. The van der Waals surface area contributed by atoms with Crippen LogP contribution >= 0.6 is 11.3 Å². The Morgan fingerprint density at radius 1 is 1.10 bits per heavy atom. The van der Waals surface area contributed by atoms with E-state index in [2.05, 4.69) is 31.9 Å². The van der Waals surface area contributed by atoms with E-state index < -0.39 is 0 Å². The number of hydrogen-bond acceptors (Lipinski definition) is 4. The van der Waals surface area contributed by atoms with E-state index in [9.17, 15) is 9.59 Å². The van der Waals surface area contributed by atoms with Crippen LogP contribution in [-0.4, -0.2) is 66.3 Å². The predicted molar refractivity (Wildman–Crippen MR) is 116 cm³/mol. The van der Waals surface area contributed by atoms with Gasteiger partial charge in [-0.2, -0.15) is 0 Å². The lowest BCUT2D eigenvalue weighted by atomic mass is 9.80. The summed E-state index contributed by atoms with van der Waals surface area (Å²) >= 11 is 1.63. The number of benzene rings is 1. The topological polar surface area (TPSA) is 43.9 Å². The molecule has 4 rings (SSSR count). The molecule has 0 radical (unpaired) electrons. The smallest absolute Gasteiger partial charge is 0.254 e. The Kier molecular flexibility index (Phi) is 5.74. The molecule has 1 aromatic heterocycles. The molecular formula is C23H29N3O2S. The molecule has 1 fully saturated rings. The zero-order valence-electron chi connectivity index (χ0n) is 17.4. The molecule has 0 spiro atoms. The fraction of sp³-hybridized carbons (Fsp3) is 0.478. The van der Waals surface area contributed by atoms with Crippen LogP contribution < -0.4 is 0 Å². The second kappa shape index (κ2) is 8.28. The summed E-state index contributed by atoms with van der Waals surface area (Å²) in [6, 6.07) is 11.5. The highest BCUT2D eigenvalue weighted by Gasteiger charge is 2.46. The summed E-state index contributed by atoms with van der Waals surface area (Å²) in [5.74, 6) is 0.149. The first-order valence-corrected chi connectivity index (χ1v) is 11.3. The van der Waals surface area contributed by atoms with E-state index in [0.29, 0.717) is 18.0 Å². The average Bonchev–Trinajstić information content (AvgIpc) is 3.24. The molecular weight excluding hydrogens is 382 g/mol. The van der Waals surface area contributed by atoms with E-state index >= 15 is 0 Å². The molecule has 1 saturated heterocycles. The molecule has 154 valence electrons. The molecule has 2 amide bonds. The number of carbonyl (C=O) groups excluding carboxylic acids is 2. The minimum atomic E-state index is -0.357. The first kappa shape index (κ1) is 20.1. The van der Waals surface area contributed by atoms with Gasteiger partial charge in [-0.25, -0.2) is 0 Å². The van der Waals surface area contributed by atoms with E-state index in [0.717, 1.165) is 36.6 Å². The van der Waals surface area contributed by atoms with Gasteiger partial charge in [0.05, 0.1) is 12.0 Å². The molecule has 0 bridgehead atoms. The van der Waals surface area contributed by atoms with Crippen molar-refractivity contribution in [1.29, 1.82) is 0 Å². The van der Waals surface area contributed by atoms with Gasteiger partial charge >= 0.3 is 0 Å². The summed E-state index contributed by atoms with van der Waals surface area (Å²) in [6.07, 6.45) is 0. The van der Waals surface area contributed by atoms with Crippen molar-refractivity contribution < 1.29 is 9.59 Å². The van der Waals surface area contributed by atoms with Gasteiger partial charge < -0.3 is 14.7 Å². The van der Waals surface area contributed by atoms with E-state index in [-0.39, 0.29) is 23.8 Å². The monoisotopic (exact) mass is 411 g/mol. The SMILES string of the molecule is CC(C)CN1C(=O)c2ccccc2C(C(=O)N2CCN(C)CC2)C1c1cccs1. The van der Waals surface area contributed by atoms with Crippen LogP contribution in [0.3, 0.4) is 0 Å². The number of carbonyl (C=O) groups is 2. The maximum absolute atomic E-state index is 13.8. The maximum Gasteiger partial charge on any atom is 0.254 e. The van der Waals surface area contributed by atoms with Gasteiger partial charge in [0.2, 0.25) is 5.91 Å². The summed E-state index contributed by atoms with van der Waals surface area (Å²) < 4.78 is 0. The third kappa shape index (κ3) is 3.83. The first-order valence-electron chi connectivity index (χ1n) is 10.4. The van der Waals surface area contributed by atoms with Crippen molar-refractivity contribution in [3.05, 3.63) is 57.8 Å². The lowest BCUT2D eigenvalue weighted by Gasteiger charge is -2.44. The molecule has 2 aliphatic rings. The maximum atomic E-state index is 13.8. The second-order valence-electron chi connectivity index (χ2n) is 8.51. The van der Waals surface area contributed by atoms with E-state index in [1.807, 2.05) is 45.5 Å². The Morgan fingerprint density at radius 2 is 1.83 bits per heavy atom. The Hall–Kier alpha value is -2.18. The van der Waals surface area contributed by atoms with Crippen molar-refractivity contribution in [1.82, 2.24) is 14.7 Å². The normalized spacial score (nSPS) is 22.8. The van der Waals surface area contributed by atoms with Gasteiger partial charge in [0, 0.05) is 43.2 Å². The van der Waals surface area contributed by atoms with Gasteiger partial charge in [0.15, 0.2) is 0 Å². The zero-order valence-corrected chi connectivity index (χ0v) is 18.2. The molecule has 3 heterocycles. The fourth-order valence-corrected chi connectivity index (χ4v) is 5.33. The van der Waals surface area contributed by atoms with Crippen molar-refractivity contribution in [2.75, 3.05) is 39.8 Å². The summed E-state index contributed by atoms with van der Waals surface area (Å²) in [7, 11) is 2.09. The van der Waals surface area contributed by atoms with Gasteiger partial charge in [-0.1, -0.05) is 38.1 Å². The quantitative estimate of drug-likeness (QED) is 0.774. The largest absolute Gasteiger partial charge is 0.340 e.